The topological polar surface area (TPSA) is 0 Å². The van der Waals surface area contributed by atoms with Gasteiger partial charge in [0, 0.05) is 0 Å². The number of rotatable bonds is 0. The van der Waals surface area contributed by atoms with Gasteiger partial charge < -0.3 is 0 Å². The Balaban J connectivity index is 0.000000815. The molecule has 4 rings (SSSR count). The maximum atomic E-state index is 2.66. The lowest BCUT2D eigenvalue weighted by Gasteiger charge is -2.59. The lowest BCUT2D eigenvalue weighted by molar-refractivity contribution is -0.0898. The molecule has 0 aromatic rings. The second-order valence-corrected chi connectivity index (χ2v) is 9.93. The SMILES string of the molecule is C/C=C1/CCC2C3CCC4(C)CC(C)CCC4C3CCC12C.CC. The van der Waals surface area contributed by atoms with E-state index in [1.54, 1.807) is 18.4 Å². The van der Waals surface area contributed by atoms with Crippen LogP contribution in [0.1, 0.15) is 99.3 Å². The fourth-order valence-corrected chi connectivity index (χ4v) is 7.93. The van der Waals surface area contributed by atoms with E-state index in [-0.39, 0.29) is 0 Å². The van der Waals surface area contributed by atoms with Crippen molar-refractivity contribution in [3.8, 4) is 0 Å². The highest BCUT2D eigenvalue weighted by Gasteiger charge is 2.57. The fraction of sp³-hybridized carbons (Fsp3) is 0.917. The highest BCUT2D eigenvalue weighted by Crippen LogP contribution is 2.66. The molecule has 0 nitrogen and oxygen atoms in total. The molecule has 0 aromatic heterocycles. The van der Waals surface area contributed by atoms with Crippen LogP contribution in [0.4, 0.5) is 0 Å². The zero-order valence-corrected chi connectivity index (χ0v) is 17.3. The van der Waals surface area contributed by atoms with Crippen LogP contribution in [-0.4, -0.2) is 0 Å². The molecule has 0 heteroatoms. The van der Waals surface area contributed by atoms with E-state index in [4.69, 9.17) is 0 Å². The molecule has 4 saturated carbocycles. The normalized spacial score (nSPS) is 51.9. The third kappa shape index (κ3) is 2.71. The summed E-state index contributed by atoms with van der Waals surface area (Å²) in [5.41, 5.74) is 3.07. The van der Waals surface area contributed by atoms with E-state index >= 15 is 0 Å². The molecule has 0 N–H and O–H groups in total. The Bertz CT molecular complexity index is 474. The average Bonchev–Trinajstić information content (AvgIpc) is 2.92. The van der Waals surface area contributed by atoms with E-state index < -0.39 is 0 Å². The van der Waals surface area contributed by atoms with Gasteiger partial charge in [-0.05, 0) is 98.7 Å². The third-order valence-corrected chi connectivity index (χ3v) is 8.93. The van der Waals surface area contributed by atoms with Crippen molar-refractivity contribution in [2.24, 2.45) is 40.4 Å². The Morgan fingerprint density at radius 3 is 2.25 bits per heavy atom. The second kappa shape index (κ2) is 6.81. The molecular weight excluding hydrogens is 288 g/mol. The van der Waals surface area contributed by atoms with Crippen LogP contribution in [-0.2, 0) is 0 Å². The predicted octanol–water partition coefficient (Wildman–Crippen LogP) is 7.64. The van der Waals surface area contributed by atoms with Gasteiger partial charge in [-0.15, -0.1) is 0 Å². The molecule has 138 valence electrons. The van der Waals surface area contributed by atoms with Gasteiger partial charge in [-0.1, -0.05) is 52.7 Å². The minimum Gasteiger partial charge on any atom is -0.0879 e. The molecule has 4 aliphatic carbocycles. The predicted molar refractivity (Wildman–Crippen MR) is 106 cm³/mol. The van der Waals surface area contributed by atoms with E-state index in [1.165, 1.54) is 44.9 Å². The largest absolute Gasteiger partial charge is 0.0879 e. The van der Waals surface area contributed by atoms with Crippen molar-refractivity contribution in [3.05, 3.63) is 11.6 Å². The molecule has 0 spiro atoms. The lowest BCUT2D eigenvalue weighted by Crippen LogP contribution is -2.51. The van der Waals surface area contributed by atoms with Crippen molar-refractivity contribution in [2.75, 3.05) is 0 Å². The molecule has 0 amide bonds. The van der Waals surface area contributed by atoms with E-state index in [1.807, 2.05) is 13.8 Å². The van der Waals surface area contributed by atoms with Gasteiger partial charge in [-0.2, -0.15) is 0 Å². The van der Waals surface area contributed by atoms with Crippen molar-refractivity contribution in [3.63, 3.8) is 0 Å². The summed E-state index contributed by atoms with van der Waals surface area (Å²) >= 11 is 0. The van der Waals surface area contributed by atoms with Crippen molar-refractivity contribution in [2.45, 2.75) is 99.3 Å². The zero-order chi connectivity index (χ0) is 17.5. The first-order valence-corrected chi connectivity index (χ1v) is 11.1. The van der Waals surface area contributed by atoms with Crippen LogP contribution >= 0.6 is 0 Å². The fourth-order valence-electron chi connectivity index (χ4n) is 7.93. The number of fused-ring (bicyclic) bond motifs is 5. The average molecular weight is 331 g/mol. The first-order chi connectivity index (χ1) is 11.5. The van der Waals surface area contributed by atoms with Gasteiger partial charge in [-0.25, -0.2) is 0 Å². The molecule has 0 saturated heterocycles. The monoisotopic (exact) mass is 330 g/mol. The Labute approximate surface area is 151 Å². The molecule has 0 heterocycles. The van der Waals surface area contributed by atoms with E-state index in [0.29, 0.717) is 10.8 Å². The molecule has 7 unspecified atom stereocenters. The molecule has 0 radical (unpaired) electrons. The van der Waals surface area contributed by atoms with Crippen LogP contribution in [0.15, 0.2) is 11.6 Å². The molecular formula is C24H42. The van der Waals surface area contributed by atoms with Gasteiger partial charge in [0.05, 0.1) is 0 Å². The smallest absolute Gasteiger partial charge is 0.00853 e. The van der Waals surface area contributed by atoms with Crippen molar-refractivity contribution in [1.82, 2.24) is 0 Å². The van der Waals surface area contributed by atoms with Crippen LogP contribution in [0.2, 0.25) is 0 Å². The molecule has 4 aliphatic rings. The van der Waals surface area contributed by atoms with E-state index in [0.717, 1.165) is 29.6 Å². The number of allylic oxidation sites excluding steroid dienone is 2. The van der Waals surface area contributed by atoms with Gasteiger partial charge in [0.2, 0.25) is 0 Å². The van der Waals surface area contributed by atoms with E-state index in [2.05, 4.69) is 33.8 Å². The first kappa shape index (κ1) is 18.5. The Morgan fingerprint density at radius 1 is 0.875 bits per heavy atom. The van der Waals surface area contributed by atoms with Crippen molar-refractivity contribution >= 4 is 0 Å². The molecule has 7 atom stereocenters. The minimum absolute atomic E-state index is 0.575. The van der Waals surface area contributed by atoms with Crippen LogP contribution in [0, 0.1) is 40.4 Å². The van der Waals surface area contributed by atoms with Crippen LogP contribution in [0.25, 0.3) is 0 Å². The summed E-state index contributed by atoms with van der Waals surface area (Å²) in [6.07, 6.45) is 16.0. The van der Waals surface area contributed by atoms with Gasteiger partial charge >= 0.3 is 0 Å². The maximum Gasteiger partial charge on any atom is -0.00853 e. The van der Waals surface area contributed by atoms with Gasteiger partial charge in [0.25, 0.3) is 0 Å². The molecule has 0 aromatic carbocycles. The Hall–Kier alpha value is -0.260. The maximum absolute atomic E-state index is 2.66. The van der Waals surface area contributed by atoms with Gasteiger partial charge in [-0.3, -0.25) is 0 Å². The van der Waals surface area contributed by atoms with Crippen molar-refractivity contribution in [1.29, 1.82) is 0 Å². The highest BCUT2D eigenvalue weighted by molar-refractivity contribution is 5.23. The summed E-state index contributed by atoms with van der Waals surface area (Å²) in [6, 6.07) is 0. The standard InChI is InChI=1S/C22H36.C2H6/c1-5-16-7-9-20-18-10-12-21(3)14-15(2)6-8-19(21)17(18)11-13-22(16,20)4;1-2/h5,15,17-20H,6-14H2,1-4H3;1-2H3/b16-5-;. The van der Waals surface area contributed by atoms with Crippen LogP contribution in [0.5, 0.6) is 0 Å². The van der Waals surface area contributed by atoms with E-state index in [9.17, 15) is 0 Å². The van der Waals surface area contributed by atoms with Crippen molar-refractivity contribution < 1.29 is 0 Å². The summed E-state index contributed by atoms with van der Waals surface area (Å²) < 4.78 is 0. The Morgan fingerprint density at radius 2 is 1.54 bits per heavy atom. The Kier molecular flexibility index (Phi) is 5.25. The molecule has 0 bridgehead atoms. The van der Waals surface area contributed by atoms with Gasteiger partial charge in [0.1, 0.15) is 0 Å². The quantitative estimate of drug-likeness (QED) is 0.400. The number of hydrogen-bond acceptors (Lipinski definition) is 0. The zero-order valence-electron chi connectivity index (χ0n) is 17.3. The molecule has 24 heavy (non-hydrogen) atoms. The van der Waals surface area contributed by atoms with Gasteiger partial charge in [0.15, 0.2) is 0 Å². The molecule has 0 aliphatic heterocycles. The van der Waals surface area contributed by atoms with Crippen LogP contribution < -0.4 is 0 Å². The summed E-state index contributed by atoms with van der Waals surface area (Å²) in [6.45, 7) is 14.1. The highest BCUT2D eigenvalue weighted by atomic mass is 14.6. The lowest BCUT2D eigenvalue weighted by atomic mass is 9.46. The minimum atomic E-state index is 0.575. The summed E-state index contributed by atoms with van der Waals surface area (Å²) in [5, 5.41) is 0. The summed E-state index contributed by atoms with van der Waals surface area (Å²) in [7, 11) is 0. The molecule has 4 fully saturated rings. The second-order valence-electron chi connectivity index (χ2n) is 9.93. The summed E-state index contributed by atoms with van der Waals surface area (Å²) in [5.74, 6) is 5.18. The summed E-state index contributed by atoms with van der Waals surface area (Å²) in [4.78, 5) is 0. The first-order valence-electron chi connectivity index (χ1n) is 11.1. The third-order valence-electron chi connectivity index (χ3n) is 8.93. The van der Waals surface area contributed by atoms with Crippen LogP contribution in [0.3, 0.4) is 0 Å². The number of hydrogen-bond donors (Lipinski definition) is 0.